The first kappa shape index (κ1) is 21.7. The summed E-state index contributed by atoms with van der Waals surface area (Å²) in [6.07, 6.45) is 7.60. The van der Waals surface area contributed by atoms with Crippen LogP contribution in [0, 0.1) is 12.7 Å². The monoisotopic (exact) mass is 458 g/mol. The topological polar surface area (TPSA) is 86.0 Å². The summed E-state index contributed by atoms with van der Waals surface area (Å²) in [5.74, 6) is 0.850. The summed E-state index contributed by atoms with van der Waals surface area (Å²) in [5, 5.41) is 4.16. The van der Waals surface area contributed by atoms with Crippen molar-refractivity contribution < 1.29 is 13.9 Å². The van der Waals surface area contributed by atoms with Gasteiger partial charge in [-0.25, -0.2) is 19.0 Å². The van der Waals surface area contributed by atoms with E-state index in [0.717, 1.165) is 19.3 Å². The normalized spacial score (nSPS) is 15.8. The average Bonchev–Trinajstić information content (AvgIpc) is 3.40. The van der Waals surface area contributed by atoms with Crippen LogP contribution < -0.4 is 4.74 Å². The van der Waals surface area contributed by atoms with Crippen molar-refractivity contribution >= 4 is 5.91 Å². The summed E-state index contributed by atoms with van der Waals surface area (Å²) >= 11 is 0. The minimum atomic E-state index is -0.471. The number of aryl methyl sites for hydroxylation is 1. The van der Waals surface area contributed by atoms with Crippen LogP contribution in [0.3, 0.4) is 0 Å². The molecule has 1 fully saturated rings. The Balaban J connectivity index is 1.41. The number of hydrogen-bond donors (Lipinski definition) is 0. The lowest BCUT2D eigenvalue weighted by molar-refractivity contribution is 0.0598. The van der Waals surface area contributed by atoms with E-state index in [9.17, 15) is 9.18 Å². The lowest BCUT2D eigenvalue weighted by Gasteiger charge is -2.35. The molecule has 4 aromatic rings. The summed E-state index contributed by atoms with van der Waals surface area (Å²) in [6, 6.07) is 12.8. The van der Waals surface area contributed by atoms with E-state index in [0.29, 0.717) is 29.4 Å². The van der Waals surface area contributed by atoms with Gasteiger partial charge in [0.05, 0.1) is 11.6 Å². The number of amides is 1. The fraction of sp³-hybridized carbons (Fsp3) is 0.240. The van der Waals surface area contributed by atoms with Gasteiger partial charge in [0.25, 0.3) is 5.91 Å². The third-order valence-electron chi connectivity index (χ3n) is 5.69. The van der Waals surface area contributed by atoms with Crippen LogP contribution in [0.5, 0.6) is 11.6 Å². The van der Waals surface area contributed by atoms with Crippen LogP contribution in [0.15, 0.2) is 67.1 Å². The second-order valence-corrected chi connectivity index (χ2v) is 8.10. The summed E-state index contributed by atoms with van der Waals surface area (Å²) < 4.78 is 21.4. The fourth-order valence-electron chi connectivity index (χ4n) is 4.06. The summed E-state index contributed by atoms with van der Waals surface area (Å²) in [6.45, 7) is 2.41. The van der Waals surface area contributed by atoms with E-state index in [2.05, 4.69) is 20.1 Å². The van der Waals surface area contributed by atoms with Crippen molar-refractivity contribution in [1.82, 2.24) is 29.6 Å². The molecule has 1 aliphatic rings. The molecule has 172 valence electrons. The molecule has 9 heteroatoms. The number of hydrogen-bond acceptors (Lipinski definition) is 6. The highest BCUT2D eigenvalue weighted by Gasteiger charge is 2.31. The number of piperidine rings is 1. The van der Waals surface area contributed by atoms with Gasteiger partial charge >= 0.3 is 0 Å². The fourth-order valence-corrected chi connectivity index (χ4v) is 4.06. The second kappa shape index (κ2) is 9.38. The van der Waals surface area contributed by atoms with E-state index in [1.807, 2.05) is 13.0 Å². The van der Waals surface area contributed by atoms with Gasteiger partial charge in [0, 0.05) is 36.9 Å². The lowest BCUT2D eigenvalue weighted by atomic mass is 10.00. The molecule has 0 radical (unpaired) electrons. The number of carbonyl (C=O) groups excluding carboxylic acids is 1. The number of para-hydroxylation sites is 1. The number of rotatable bonds is 5. The Kier molecular flexibility index (Phi) is 5.99. The molecular formula is C25H23FN6O2. The van der Waals surface area contributed by atoms with Crippen LogP contribution in [0.25, 0.3) is 5.82 Å². The van der Waals surface area contributed by atoms with Crippen molar-refractivity contribution in [2.24, 2.45) is 0 Å². The van der Waals surface area contributed by atoms with Crippen molar-refractivity contribution in [1.29, 1.82) is 0 Å². The number of likely N-dealkylation sites (tertiary alicyclic amines) is 1. The molecule has 1 unspecified atom stereocenters. The van der Waals surface area contributed by atoms with Crippen molar-refractivity contribution in [2.45, 2.75) is 32.2 Å². The Morgan fingerprint density at radius 1 is 1.12 bits per heavy atom. The number of nitrogens with zero attached hydrogens (tertiary/aromatic N) is 6. The molecule has 0 saturated carbocycles. The van der Waals surface area contributed by atoms with Gasteiger partial charge in [0.1, 0.15) is 0 Å². The number of pyridine rings is 1. The van der Waals surface area contributed by atoms with Gasteiger partial charge < -0.3 is 9.64 Å². The maximum Gasteiger partial charge on any atom is 0.256 e. The maximum atomic E-state index is 14.1. The zero-order chi connectivity index (χ0) is 23.5. The van der Waals surface area contributed by atoms with Gasteiger partial charge in [-0.1, -0.05) is 12.1 Å². The first-order valence-electron chi connectivity index (χ1n) is 11.1. The average molecular weight is 458 g/mol. The quantitative estimate of drug-likeness (QED) is 0.432. The van der Waals surface area contributed by atoms with Crippen LogP contribution in [-0.4, -0.2) is 42.1 Å². The summed E-state index contributed by atoms with van der Waals surface area (Å²) in [7, 11) is 0. The standard InChI is InChI=1S/C25H23FN6O2/c1-17-15-23(34-21-9-3-2-7-19(21)26)30-24(29-17)20-8-4-5-13-31(20)25(33)18-10-11-22(27-16-18)32-14-6-12-28-32/h2-3,6-7,9-12,14-16,20H,4-5,8,13H2,1H3. The molecule has 1 amide bonds. The molecule has 8 nitrogen and oxygen atoms in total. The van der Waals surface area contributed by atoms with Crippen molar-refractivity contribution in [2.75, 3.05) is 6.54 Å². The SMILES string of the molecule is Cc1cc(Oc2ccccc2F)nc(C2CCCCN2C(=O)c2ccc(-n3cccn3)nc2)n1. The number of benzene rings is 1. The van der Waals surface area contributed by atoms with Crippen LogP contribution in [0.2, 0.25) is 0 Å². The molecule has 0 N–H and O–H groups in total. The third-order valence-corrected chi connectivity index (χ3v) is 5.69. The molecule has 0 aliphatic carbocycles. The van der Waals surface area contributed by atoms with E-state index in [-0.39, 0.29) is 23.6 Å². The van der Waals surface area contributed by atoms with Gasteiger partial charge in [-0.2, -0.15) is 10.1 Å². The van der Waals surface area contributed by atoms with Crippen molar-refractivity contribution in [3.8, 4) is 17.4 Å². The van der Waals surface area contributed by atoms with E-state index < -0.39 is 5.82 Å². The number of ether oxygens (including phenoxy) is 1. The molecule has 1 atom stereocenters. The van der Waals surface area contributed by atoms with Crippen LogP contribution in [0.4, 0.5) is 4.39 Å². The minimum absolute atomic E-state index is 0.0893. The third kappa shape index (κ3) is 4.50. The number of aromatic nitrogens is 5. The molecule has 1 aliphatic heterocycles. The molecule has 4 heterocycles. The minimum Gasteiger partial charge on any atom is -0.436 e. The Hall–Kier alpha value is -4.14. The van der Waals surface area contributed by atoms with Crippen LogP contribution in [0.1, 0.15) is 47.2 Å². The molecule has 3 aromatic heterocycles. The molecule has 5 rings (SSSR count). The lowest BCUT2D eigenvalue weighted by Crippen LogP contribution is -2.39. The highest BCUT2D eigenvalue weighted by molar-refractivity contribution is 5.94. The molecule has 34 heavy (non-hydrogen) atoms. The highest BCUT2D eigenvalue weighted by atomic mass is 19.1. The Labute approximate surface area is 196 Å². The summed E-state index contributed by atoms with van der Waals surface area (Å²) in [5.41, 5.74) is 1.16. The largest absolute Gasteiger partial charge is 0.436 e. The summed E-state index contributed by atoms with van der Waals surface area (Å²) in [4.78, 5) is 28.7. The Morgan fingerprint density at radius 2 is 2.00 bits per heavy atom. The maximum absolute atomic E-state index is 14.1. The predicted molar refractivity (Wildman–Crippen MR) is 122 cm³/mol. The van der Waals surface area contributed by atoms with E-state index in [1.165, 1.54) is 6.07 Å². The van der Waals surface area contributed by atoms with E-state index in [4.69, 9.17) is 4.74 Å². The smallest absolute Gasteiger partial charge is 0.256 e. The van der Waals surface area contributed by atoms with Gasteiger partial charge in [0.15, 0.2) is 23.2 Å². The van der Waals surface area contributed by atoms with Gasteiger partial charge in [0.2, 0.25) is 5.88 Å². The predicted octanol–water partition coefficient (Wildman–Crippen LogP) is 4.66. The zero-order valence-corrected chi connectivity index (χ0v) is 18.6. The van der Waals surface area contributed by atoms with Gasteiger partial charge in [-0.15, -0.1) is 0 Å². The van der Waals surface area contributed by atoms with Gasteiger partial charge in [-0.3, -0.25) is 4.79 Å². The van der Waals surface area contributed by atoms with Gasteiger partial charge in [-0.05, 0) is 56.5 Å². The van der Waals surface area contributed by atoms with Crippen LogP contribution >= 0.6 is 0 Å². The van der Waals surface area contributed by atoms with E-state index in [1.54, 1.807) is 64.6 Å². The van der Waals surface area contributed by atoms with Crippen molar-refractivity contribution in [3.05, 3.63) is 90.0 Å². The van der Waals surface area contributed by atoms with Crippen molar-refractivity contribution in [3.63, 3.8) is 0 Å². The Morgan fingerprint density at radius 3 is 2.76 bits per heavy atom. The molecular weight excluding hydrogens is 435 g/mol. The van der Waals surface area contributed by atoms with E-state index >= 15 is 0 Å². The zero-order valence-electron chi connectivity index (χ0n) is 18.6. The molecule has 0 spiro atoms. The first-order valence-corrected chi connectivity index (χ1v) is 11.1. The molecule has 0 bridgehead atoms. The van der Waals surface area contributed by atoms with Crippen LogP contribution in [-0.2, 0) is 0 Å². The Bertz CT molecular complexity index is 1290. The molecule has 1 saturated heterocycles. The number of carbonyl (C=O) groups is 1. The number of halogens is 1. The second-order valence-electron chi connectivity index (χ2n) is 8.10. The molecule has 1 aromatic carbocycles. The highest BCUT2D eigenvalue weighted by Crippen LogP contribution is 2.32. The first-order chi connectivity index (χ1) is 16.6.